The standard InChI is InChI=1S/C10H14N4O3S2/c11-9(17)14(18)10-13-12-7(19-10)5-1-3-6(4-2-5)8(15)16/h5-6,18H,1-4H2,(H2,11,17)(H,15,16). The Bertz CT molecular complexity index is 485. The van der Waals surface area contributed by atoms with Gasteiger partial charge in [-0.2, -0.15) is 0 Å². The molecule has 0 unspecified atom stereocenters. The predicted octanol–water partition coefficient (Wildman–Crippen LogP) is 1.63. The number of aliphatic carboxylic acids is 1. The zero-order chi connectivity index (χ0) is 14.0. The Balaban J connectivity index is 2.01. The van der Waals surface area contributed by atoms with Gasteiger partial charge in [-0.25, -0.2) is 9.10 Å². The quantitative estimate of drug-likeness (QED) is 0.735. The van der Waals surface area contributed by atoms with E-state index in [1.54, 1.807) is 0 Å². The summed E-state index contributed by atoms with van der Waals surface area (Å²) in [4.78, 5) is 21.8. The third kappa shape index (κ3) is 3.16. The molecule has 1 fully saturated rings. The van der Waals surface area contributed by atoms with E-state index in [-0.39, 0.29) is 11.8 Å². The van der Waals surface area contributed by atoms with Gasteiger partial charge in [0, 0.05) is 5.92 Å². The van der Waals surface area contributed by atoms with Crippen LogP contribution in [-0.2, 0) is 4.79 Å². The van der Waals surface area contributed by atoms with E-state index in [0.29, 0.717) is 18.0 Å². The summed E-state index contributed by atoms with van der Waals surface area (Å²) in [5, 5.41) is 18.0. The number of nitrogens with two attached hydrogens (primary N) is 1. The Kier molecular flexibility index (Phi) is 4.25. The summed E-state index contributed by atoms with van der Waals surface area (Å²) in [7, 11) is 0. The van der Waals surface area contributed by atoms with Gasteiger partial charge in [-0.3, -0.25) is 4.79 Å². The SMILES string of the molecule is NC(=O)N(S)c1nnc(C2CCC(C(=O)O)CC2)s1. The van der Waals surface area contributed by atoms with Crippen LogP contribution in [0.15, 0.2) is 0 Å². The lowest BCUT2D eigenvalue weighted by molar-refractivity contribution is -0.142. The number of carbonyl (C=O) groups is 2. The maximum Gasteiger partial charge on any atom is 0.331 e. The van der Waals surface area contributed by atoms with Crippen LogP contribution in [0.5, 0.6) is 0 Å². The summed E-state index contributed by atoms with van der Waals surface area (Å²) >= 11 is 5.19. The lowest BCUT2D eigenvalue weighted by Crippen LogP contribution is -2.27. The van der Waals surface area contributed by atoms with Crippen molar-refractivity contribution in [1.29, 1.82) is 0 Å². The summed E-state index contributed by atoms with van der Waals surface area (Å²) in [5.41, 5.74) is 5.09. The number of amides is 2. The first kappa shape index (κ1) is 14.1. The van der Waals surface area contributed by atoms with E-state index in [0.717, 1.165) is 22.2 Å². The van der Waals surface area contributed by atoms with Gasteiger partial charge in [0.1, 0.15) is 5.01 Å². The molecule has 1 saturated carbocycles. The predicted molar refractivity (Wildman–Crippen MR) is 73.3 cm³/mol. The van der Waals surface area contributed by atoms with Crippen LogP contribution in [0.3, 0.4) is 0 Å². The molecule has 104 valence electrons. The molecule has 19 heavy (non-hydrogen) atoms. The van der Waals surface area contributed by atoms with E-state index >= 15 is 0 Å². The fraction of sp³-hybridized carbons (Fsp3) is 0.600. The van der Waals surface area contributed by atoms with E-state index < -0.39 is 12.0 Å². The summed E-state index contributed by atoms with van der Waals surface area (Å²) in [6, 6.07) is -0.708. The normalized spacial score (nSPS) is 23.0. The van der Waals surface area contributed by atoms with Crippen molar-refractivity contribution in [2.24, 2.45) is 11.7 Å². The highest BCUT2D eigenvalue weighted by molar-refractivity contribution is 7.83. The van der Waals surface area contributed by atoms with Crippen molar-refractivity contribution in [3.8, 4) is 0 Å². The summed E-state index contributed by atoms with van der Waals surface area (Å²) in [6.07, 6.45) is 2.84. The van der Waals surface area contributed by atoms with Gasteiger partial charge in [0.15, 0.2) is 0 Å². The monoisotopic (exact) mass is 302 g/mol. The van der Waals surface area contributed by atoms with Crippen molar-refractivity contribution >= 4 is 41.3 Å². The number of urea groups is 1. The molecular formula is C10H14N4O3S2. The molecule has 0 saturated heterocycles. The van der Waals surface area contributed by atoms with Gasteiger partial charge >= 0.3 is 12.0 Å². The molecule has 0 atom stereocenters. The maximum atomic E-state index is 10.9. The number of hydrogen-bond acceptors (Lipinski definition) is 6. The molecule has 0 aromatic carbocycles. The van der Waals surface area contributed by atoms with Crippen molar-refractivity contribution in [3.05, 3.63) is 5.01 Å². The number of hydrogen-bond donors (Lipinski definition) is 3. The van der Waals surface area contributed by atoms with Crippen molar-refractivity contribution in [2.45, 2.75) is 31.6 Å². The minimum absolute atomic E-state index is 0.205. The fourth-order valence-corrected chi connectivity index (χ4v) is 3.25. The topological polar surface area (TPSA) is 109 Å². The number of aromatic nitrogens is 2. The van der Waals surface area contributed by atoms with E-state index in [4.69, 9.17) is 10.8 Å². The highest BCUT2D eigenvalue weighted by Gasteiger charge is 2.29. The maximum absolute atomic E-state index is 10.9. The second kappa shape index (κ2) is 5.74. The minimum atomic E-state index is -0.730. The van der Waals surface area contributed by atoms with Crippen molar-refractivity contribution in [3.63, 3.8) is 0 Å². The molecule has 0 bridgehead atoms. The highest BCUT2D eigenvalue weighted by Crippen LogP contribution is 2.38. The van der Waals surface area contributed by atoms with Crippen LogP contribution >= 0.6 is 24.2 Å². The number of anilines is 1. The average Bonchev–Trinajstić information content (AvgIpc) is 2.87. The number of primary amides is 1. The molecular weight excluding hydrogens is 288 g/mol. The zero-order valence-corrected chi connectivity index (χ0v) is 11.7. The van der Waals surface area contributed by atoms with Gasteiger partial charge in [-0.15, -0.1) is 10.2 Å². The van der Waals surface area contributed by atoms with E-state index in [2.05, 4.69) is 23.0 Å². The molecule has 1 aromatic heterocycles. The van der Waals surface area contributed by atoms with E-state index in [1.165, 1.54) is 11.3 Å². The van der Waals surface area contributed by atoms with Crippen molar-refractivity contribution in [2.75, 3.05) is 4.31 Å². The first-order valence-electron chi connectivity index (χ1n) is 5.83. The zero-order valence-electron chi connectivity index (χ0n) is 10.0. The number of carbonyl (C=O) groups excluding carboxylic acids is 1. The van der Waals surface area contributed by atoms with E-state index in [1.807, 2.05) is 0 Å². The molecule has 0 aliphatic heterocycles. The van der Waals surface area contributed by atoms with Gasteiger partial charge in [-0.05, 0) is 25.7 Å². The van der Waals surface area contributed by atoms with Crippen LogP contribution in [0.1, 0.15) is 36.6 Å². The van der Waals surface area contributed by atoms with Crippen LogP contribution in [0, 0.1) is 5.92 Å². The Morgan fingerprint density at radius 2 is 1.95 bits per heavy atom. The van der Waals surface area contributed by atoms with Crippen LogP contribution in [0.2, 0.25) is 0 Å². The number of carboxylic acid groups (broad SMARTS) is 1. The minimum Gasteiger partial charge on any atom is -0.481 e. The first-order valence-corrected chi connectivity index (χ1v) is 7.05. The number of nitrogens with zero attached hydrogens (tertiary/aromatic N) is 3. The molecule has 1 heterocycles. The largest absolute Gasteiger partial charge is 0.481 e. The average molecular weight is 302 g/mol. The van der Waals surface area contributed by atoms with Crippen LogP contribution < -0.4 is 10.0 Å². The third-order valence-electron chi connectivity index (χ3n) is 3.25. The number of carboxylic acids is 1. The van der Waals surface area contributed by atoms with Gasteiger partial charge in [0.05, 0.1) is 5.92 Å². The van der Waals surface area contributed by atoms with Crippen molar-refractivity contribution < 1.29 is 14.7 Å². The van der Waals surface area contributed by atoms with Gasteiger partial charge in [0.25, 0.3) is 0 Å². The second-order valence-corrected chi connectivity index (χ2v) is 5.85. The molecule has 9 heteroatoms. The molecule has 2 amide bonds. The Labute approximate surface area is 119 Å². The van der Waals surface area contributed by atoms with Crippen LogP contribution in [0.4, 0.5) is 9.93 Å². The molecule has 0 spiro atoms. The smallest absolute Gasteiger partial charge is 0.331 e. The van der Waals surface area contributed by atoms with Gasteiger partial charge < -0.3 is 10.8 Å². The molecule has 7 nitrogen and oxygen atoms in total. The van der Waals surface area contributed by atoms with Crippen molar-refractivity contribution in [1.82, 2.24) is 10.2 Å². The second-order valence-electron chi connectivity index (χ2n) is 4.46. The fourth-order valence-electron chi connectivity index (χ4n) is 2.16. The third-order valence-corrected chi connectivity index (χ3v) is 4.84. The van der Waals surface area contributed by atoms with Crippen LogP contribution in [0.25, 0.3) is 0 Å². The first-order chi connectivity index (χ1) is 8.99. The molecule has 1 aliphatic rings. The summed E-state index contributed by atoms with van der Waals surface area (Å²) < 4.78 is 0.948. The molecule has 1 aromatic rings. The van der Waals surface area contributed by atoms with Crippen LogP contribution in [-0.4, -0.2) is 27.3 Å². The summed E-state index contributed by atoms with van der Waals surface area (Å²) in [6.45, 7) is 0. The Morgan fingerprint density at radius 1 is 1.32 bits per heavy atom. The molecule has 3 N–H and O–H groups in total. The molecule has 1 aliphatic carbocycles. The lowest BCUT2D eigenvalue weighted by Gasteiger charge is -2.23. The number of rotatable bonds is 3. The Morgan fingerprint density at radius 3 is 2.47 bits per heavy atom. The van der Waals surface area contributed by atoms with Gasteiger partial charge in [0.2, 0.25) is 5.13 Å². The van der Waals surface area contributed by atoms with Gasteiger partial charge in [-0.1, -0.05) is 24.2 Å². The van der Waals surface area contributed by atoms with E-state index in [9.17, 15) is 9.59 Å². The molecule has 2 rings (SSSR count). The summed E-state index contributed by atoms with van der Waals surface area (Å²) in [5.74, 6) is -0.779. The number of thiol groups is 1. The Hall–Kier alpha value is -1.35. The lowest BCUT2D eigenvalue weighted by atomic mass is 9.82. The highest BCUT2D eigenvalue weighted by atomic mass is 32.1. The molecule has 0 radical (unpaired) electrons.